The first kappa shape index (κ1) is 80.4. The highest BCUT2D eigenvalue weighted by molar-refractivity contribution is 8.03. The quantitative estimate of drug-likeness (QED) is 0.0144. The lowest BCUT2D eigenvalue weighted by molar-refractivity contribution is -0.142. The second kappa shape index (κ2) is 36.2. The van der Waals surface area contributed by atoms with Gasteiger partial charge in [-0.15, -0.1) is 11.8 Å². The van der Waals surface area contributed by atoms with Gasteiger partial charge in [0.25, 0.3) is 20.2 Å². The van der Waals surface area contributed by atoms with E-state index in [9.17, 15) is 79.6 Å². The number of aliphatic carboxylic acids is 4. The molecule has 24 nitrogen and oxygen atoms in total. The third-order valence-corrected chi connectivity index (χ3v) is 24.6. The fourth-order valence-corrected chi connectivity index (χ4v) is 18.8. The van der Waals surface area contributed by atoms with E-state index in [4.69, 9.17) is 5.11 Å². The number of carbonyl (C=O) groups is 8. The predicted molar refractivity (Wildman–Crippen MR) is 386 cm³/mol. The monoisotopic (exact) mass is 1450 g/mol. The Kier molecular flexibility index (Phi) is 29.4. The second-order valence-corrected chi connectivity index (χ2v) is 34.3. The van der Waals surface area contributed by atoms with Gasteiger partial charge in [0.1, 0.15) is 24.2 Å². The van der Waals surface area contributed by atoms with Crippen molar-refractivity contribution in [1.82, 2.24) is 26.6 Å². The molecule has 3 unspecified atom stereocenters. The van der Waals surface area contributed by atoms with E-state index >= 15 is 0 Å². The third kappa shape index (κ3) is 24.6. The van der Waals surface area contributed by atoms with Crippen LogP contribution < -0.4 is 36.8 Å². The van der Waals surface area contributed by atoms with Gasteiger partial charge in [-0.25, -0.2) is 19.2 Å². The van der Waals surface area contributed by atoms with E-state index < -0.39 is 123 Å². The smallest absolute Gasteiger partial charge is 0.327 e. The zero-order valence-electron chi connectivity index (χ0n) is 57.3. The molecule has 0 saturated heterocycles. The molecular weight excluding hydrogens is 1350 g/mol. The van der Waals surface area contributed by atoms with Crippen LogP contribution in [0.4, 0.5) is 10.5 Å². The number of thioether (sulfide) groups is 1. The summed E-state index contributed by atoms with van der Waals surface area (Å²) in [6.07, 6.45) is 12.2. The molecule has 2 aliphatic heterocycles. The summed E-state index contributed by atoms with van der Waals surface area (Å²) in [7, 11) is -9.74. The predicted octanol–water partition coefficient (Wildman–Crippen LogP) is 8.76. The summed E-state index contributed by atoms with van der Waals surface area (Å²) in [6.45, 7) is 14.9. The highest BCUT2D eigenvalue weighted by Gasteiger charge is 2.40. The molecule has 0 radical (unpaired) electrons. The standard InChI is InChI=1S/C71H97N6O18PS3/c1-46(44-72-60(78)34-30-52(65(83)84)75-68(89)76-53(66(85)86)31-35-62(80)81)36-37-69(2,3)43-61(79)73-54(42-47-20-9-8-10-21-47)64(82)74-55(67(87)88)45-97-63-48(28-32-58-70(4,5)50-24-11-13-26-56(50)77(58)38-15-17-40-98(90,91)92)22-19-23-49(63)29-33-59-71(6,7)51-25-12-14-27-57(51)96(59)39-16-18-41-99(93,94)95/h8-14,20-21,24-29,32-33,46,52-55,96H,15-19,22-23,30-31,34-45H2,1-7H3,(H,72,78)(H,73,79)(H,74,82)(H,80,81)(H,83,84)(H,85,86)(H,87,88)(H2,75,76,89)(H,90,91,92)(H,93,94,95)/b33-29+,48-28+,58-32+/t46?,52?,53-,54-,55+/m0/s1. The second-order valence-electron chi connectivity index (χ2n) is 27.6. The molecule has 0 aromatic heterocycles. The molecule has 0 fully saturated rings. The van der Waals surface area contributed by atoms with Crippen molar-refractivity contribution < 1.29 is 84.7 Å². The summed E-state index contributed by atoms with van der Waals surface area (Å²) in [4.78, 5) is 105. The molecule has 5 amide bonds. The van der Waals surface area contributed by atoms with Crippen LogP contribution in [0.25, 0.3) is 0 Å². The SMILES string of the molecule is CC(CCC(C)(C)CC(=O)N[C@@H](Cc1ccccc1)C(=O)N[C@H](CSC1=C(/C=C/C2=[PH](CCCCS(=O)(=O)O)c3ccccc3C2(C)C)CCC/C1=C\C=C1\N(CCCCS(=O)(=O)O)c2ccccc2C1(C)C)C(=O)O)CNC(=O)CCC(NC(=O)N[C@@H](CCC(=O)O)C(=O)O)C(=O)O. The first-order chi connectivity index (χ1) is 46.5. The molecule has 99 heavy (non-hydrogen) atoms. The number of amides is 5. The Morgan fingerprint density at radius 3 is 1.88 bits per heavy atom. The summed E-state index contributed by atoms with van der Waals surface area (Å²) in [5, 5.41) is 54.0. The maximum absolute atomic E-state index is 14.7. The number of fused-ring (bicyclic) bond motifs is 2. The summed E-state index contributed by atoms with van der Waals surface area (Å²) in [5.41, 5.74) is 5.29. The van der Waals surface area contributed by atoms with E-state index in [0.717, 1.165) is 45.6 Å². The number of allylic oxidation sites excluding steroid dienone is 7. The number of para-hydroxylation sites is 1. The van der Waals surface area contributed by atoms with Gasteiger partial charge in [0.2, 0.25) is 17.7 Å². The zero-order chi connectivity index (χ0) is 73.0. The highest BCUT2D eigenvalue weighted by Crippen LogP contribution is 2.49. The molecule has 542 valence electrons. The number of nitrogens with zero attached hydrogens (tertiary/aromatic N) is 1. The molecule has 2 heterocycles. The van der Waals surface area contributed by atoms with Crippen molar-refractivity contribution in [2.24, 2.45) is 11.3 Å². The van der Waals surface area contributed by atoms with Crippen LogP contribution in [-0.4, -0.2) is 160 Å². The molecule has 0 bridgehead atoms. The van der Waals surface area contributed by atoms with Gasteiger partial charge in [0, 0.05) is 71.6 Å². The summed E-state index contributed by atoms with van der Waals surface area (Å²) in [5.74, 6) is -8.20. The number of urea groups is 1. The number of carbonyl (C=O) groups excluding carboxylic acids is 4. The molecule has 28 heteroatoms. The molecule has 3 aromatic carbocycles. The van der Waals surface area contributed by atoms with Crippen molar-refractivity contribution >= 4 is 103 Å². The Balaban J connectivity index is 1.21. The van der Waals surface area contributed by atoms with Crippen molar-refractivity contribution in [3.8, 4) is 0 Å². The molecule has 0 saturated carbocycles. The van der Waals surface area contributed by atoms with E-state index in [1.165, 1.54) is 27.9 Å². The van der Waals surface area contributed by atoms with Gasteiger partial charge < -0.3 is 51.9 Å². The fraction of sp³-hybridized carbons (Fsp3) is 0.507. The van der Waals surface area contributed by atoms with Crippen LogP contribution in [0, 0.1) is 11.3 Å². The van der Waals surface area contributed by atoms with Crippen LogP contribution in [0.2, 0.25) is 0 Å². The van der Waals surface area contributed by atoms with E-state index in [1.807, 2.05) is 62.5 Å². The number of carboxylic acids is 4. The number of anilines is 1. The Morgan fingerprint density at radius 1 is 0.657 bits per heavy atom. The van der Waals surface area contributed by atoms with Gasteiger partial charge in [-0.05, 0) is 139 Å². The van der Waals surface area contributed by atoms with Gasteiger partial charge in [-0.1, -0.05) is 147 Å². The number of carboxylic acid groups (broad SMARTS) is 4. The Morgan fingerprint density at radius 2 is 1.25 bits per heavy atom. The van der Waals surface area contributed by atoms with Crippen LogP contribution in [0.15, 0.2) is 125 Å². The highest BCUT2D eigenvalue weighted by atomic mass is 32.2. The number of unbranched alkanes of at least 4 members (excludes halogenated alkanes) is 2. The van der Waals surface area contributed by atoms with Crippen molar-refractivity contribution in [2.45, 2.75) is 180 Å². The molecule has 3 aromatic rings. The van der Waals surface area contributed by atoms with E-state index in [0.29, 0.717) is 57.1 Å². The number of hydrogen-bond donors (Lipinski definition) is 11. The molecule has 6 atom stereocenters. The normalized spacial score (nSPS) is 18.2. The molecular formula is C71H97N6O18PS3. The number of benzene rings is 3. The summed E-state index contributed by atoms with van der Waals surface area (Å²) in [6, 6.07) is 18.3. The molecule has 6 rings (SSSR count). The molecule has 3 aliphatic rings. The number of hydrogen-bond acceptors (Lipinski definition) is 14. The third-order valence-electron chi connectivity index (χ3n) is 18.3. The lowest BCUT2D eigenvalue weighted by Crippen LogP contribution is -2.53. The largest absolute Gasteiger partial charge is 0.481 e. The van der Waals surface area contributed by atoms with E-state index in [1.54, 1.807) is 24.3 Å². The Labute approximate surface area is 585 Å². The summed E-state index contributed by atoms with van der Waals surface area (Å²) >= 11 is 1.32. The average Bonchev–Trinajstić information content (AvgIpc) is 1.59. The van der Waals surface area contributed by atoms with Crippen LogP contribution in [0.1, 0.15) is 155 Å². The fourth-order valence-electron chi connectivity index (χ4n) is 12.8. The van der Waals surface area contributed by atoms with Crippen molar-refractivity contribution in [3.63, 3.8) is 0 Å². The maximum atomic E-state index is 14.7. The Bertz CT molecular complexity index is 3850. The Hall–Kier alpha value is -7.55. The minimum Gasteiger partial charge on any atom is -0.481 e. The van der Waals surface area contributed by atoms with E-state index in [2.05, 4.69) is 96.4 Å². The maximum Gasteiger partial charge on any atom is 0.327 e. The first-order valence-corrected chi connectivity index (χ1v) is 39.3. The molecule has 11 N–H and O–H groups in total. The van der Waals surface area contributed by atoms with Crippen molar-refractivity contribution in [2.75, 3.05) is 41.4 Å². The zero-order valence-corrected chi connectivity index (χ0v) is 60.8. The van der Waals surface area contributed by atoms with Gasteiger partial charge in [0.15, 0.2) is 0 Å². The van der Waals surface area contributed by atoms with Crippen molar-refractivity contribution in [3.05, 3.63) is 142 Å². The van der Waals surface area contributed by atoms with Gasteiger partial charge >= 0.3 is 29.9 Å². The lowest BCUT2D eigenvalue weighted by Gasteiger charge is -2.28. The minimum atomic E-state index is -4.17. The number of nitrogens with one attached hydrogen (secondary N) is 5. The average molecular weight is 1450 g/mol. The van der Waals surface area contributed by atoms with Gasteiger partial charge in [0.05, 0.1) is 11.5 Å². The van der Waals surface area contributed by atoms with E-state index in [-0.39, 0.29) is 67.2 Å². The topological polar surface area (TPSA) is 390 Å². The van der Waals surface area contributed by atoms with Crippen molar-refractivity contribution in [1.29, 1.82) is 0 Å². The van der Waals surface area contributed by atoms with Crippen LogP contribution in [-0.2, 0) is 71.0 Å². The lowest BCUT2D eigenvalue weighted by atomic mass is 9.81. The van der Waals surface area contributed by atoms with Gasteiger partial charge in [-0.3, -0.25) is 28.3 Å². The minimum absolute atomic E-state index is 0.0311. The molecule has 1 aliphatic carbocycles. The van der Waals surface area contributed by atoms with Crippen LogP contribution >= 0.6 is 19.3 Å². The number of rotatable bonds is 39. The van der Waals surface area contributed by atoms with Crippen LogP contribution in [0.5, 0.6) is 0 Å². The summed E-state index contributed by atoms with van der Waals surface area (Å²) < 4.78 is 66.0. The van der Waals surface area contributed by atoms with Gasteiger partial charge in [-0.2, -0.15) is 16.8 Å². The molecule has 0 spiro atoms. The van der Waals surface area contributed by atoms with Crippen LogP contribution in [0.3, 0.4) is 0 Å². The first-order valence-electron chi connectivity index (χ1n) is 33.4.